The van der Waals surface area contributed by atoms with Gasteiger partial charge in [-0.1, -0.05) is 23.2 Å². The Kier molecular flexibility index (Phi) is 5.70. The first-order valence-corrected chi connectivity index (χ1v) is 9.04. The van der Waals surface area contributed by atoms with E-state index >= 15 is 0 Å². The zero-order valence-corrected chi connectivity index (χ0v) is 15.8. The summed E-state index contributed by atoms with van der Waals surface area (Å²) in [6, 6.07) is 8.95. The van der Waals surface area contributed by atoms with Gasteiger partial charge in [0.25, 0.3) is 0 Å². The predicted molar refractivity (Wildman–Crippen MR) is 103 cm³/mol. The van der Waals surface area contributed by atoms with E-state index in [9.17, 15) is 14.3 Å². The van der Waals surface area contributed by atoms with Crippen LogP contribution in [0.15, 0.2) is 36.4 Å². The summed E-state index contributed by atoms with van der Waals surface area (Å²) in [6.45, 7) is 2.13. The molecular formula is C19H19Cl2FN2O2. The van der Waals surface area contributed by atoms with Gasteiger partial charge < -0.3 is 10.0 Å². The van der Waals surface area contributed by atoms with Gasteiger partial charge in [-0.05, 0) is 67.9 Å². The summed E-state index contributed by atoms with van der Waals surface area (Å²) >= 11 is 12.1. The van der Waals surface area contributed by atoms with Gasteiger partial charge in [-0.25, -0.2) is 9.18 Å². The van der Waals surface area contributed by atoms with Crippen LogP contribution in [0, 0.1) is 11.7 Å². The number of hydrogen-bond donors (Lipinski definition) is 1. The van der Waals surface area contributed by atoms with Crippen LogP contribution in [-0.4, -0.2) is 42.8 Å². The minimum atomic E-state index is -1.07. The summed E-state index contributed by atoms with van der Waals surface area (Å²) in [7, 11) is 2.02. The van der Waals surface area contributed by atoms with Crippen LogP contribution in [0.25, 0.3) is 11.1 Å². The molecule has 4 nitrogen and oxygen atoms in total. The summed E-state index contributed by atoms with van der Waals surface area (Å²) in [6.07, 6.45) is -0.139. The normalized spacial score (nSPS) is 17.5. The molecule has 1 atom stereocenters. The van der Waals surface area contributed by atoms with Crippen LogP contribution in [0.3, 0.4) is 0 Å². The van der Waals surface area contributed by atoms with Gasteiger partial charge in [-0.2, -0.15) is 0 Å². The maximum absolute atomic E-state index is 13.9. The van der Waals surface area contributed by atoms with E-state index in [0.29, 0.717) is 33.4 Å². The molecule has 26 heavy (non-hydrogen) atoms. The molecule has 1 unspecified atom stereocenters. The van der Waals surface area contributed by atoms with Crippen molar-refractivity contribution in [2.75, 3.05) is 31.6 Å². The Balaban J connectivity index is 2.03. The number of rotatable bonds is 4. The molecule has 1 aliphatic heterocycles. The lowest BCUT2D eigenvalue weighted by Crippen LogP contribution is -2.35. The molecule has 1 N–H and O–H groups in total. The smallest absolute Gasteiger partial charge is 0.411 e. The Hall–Kier alpha value is -1.82. The molecule has 2 aromatic carbocycles. The van der Waals surface area contributed by atoms with E-state index in [4.69, 9.17) is 23.2 Å². The fourth-order valence-electron chi connectivity index (χ4n) is 3.40. The molecular weight excluding hydrogens is 378 g/mol. The average molecular weight is 397 g/mol. The molecule has 1 amide bonds. The number of halogens is 3. The fraction of sp³-hybridized carbons (Fsp3) is 0.316. The summed E-state index contributed by atoms with van der Waals surface area (Å²) in [5.74, 6) is -0.220. The summed E-state index contributed by atoms with van der Waals surface area (Å²) in [4.78, 5) is 15.4. The van der Waals surface area contributed by atoms with Crippen LogP contribution in [0.4, 0.5) is 14.9 Å². The number of hydrogen-bond acceptors (Lipinski definition) is 2. The number of likely N-dealkylation sites (tertiary alicyclic amines) is 1. The molecule has 3 rings (SSSR count). The van der Waals surface area contributed by atoms with Crippen LogP contribution < -0.4 is 4.90 Å². The minimum absolute atomic E-state index is 0.233. The molecule has 1 aliphatic rings. The van der Waals surface area contributed by atoms with Crippen LogP contribution >= 0.6 is 23.2 Å². The highest BCUT2D eigenvalue weighted by atomic mass is 35.5. The highest BCUT2D eigenvalue weighted by Crippen LogP contribution is 2.35. The number of nitrogens with zero attached hydrogens (tertiary/aromatic N) is 2. The second-order valence-corrected chi connectivity index (χ2v) is 7.50. The van der Waals surface area contributed by atoms with Crippen LogP contribution in [-0.2, 0) is 0 Å². The molecule has 0 saturated carbocycles. The largest absolute Gasteiger partial charge is 0.465 e. The van der Waals surface area contributed by atoms with Gasteiger partial charge in [-0.3, -0.25) is 4.90 Å². The van der Waals surface area contributed by atoms with E-state index in [1.807, 2.05) is 7.05 Å². The second kappa shape index (κ2) is 7.82. The van der Waals surface area contributed by atoms with Crippen molar-refractivity contribution in [3.63, 3.8) is 0 Å². The van der Waals surface area contributed by atoms with Crippen LogP contribution in [0.1, 0.15) is 6.42 Å². The summed E-state index contributed by atoms with van der Waals surface area (Å²) in [5.41, 5.74) is 1.45. The first-order valence-electron chi connectivity index (χ1n) is 8.28. The van der Waals surface area contributed by atoms with Crippen molar-refractivity contribution in [2.24, 2.45) is 5.92 Å². The van der Waals surface area contributed by atoms with Gasteiger partial charge in [0.1, 0.15) is 5.82 Å². The van der Waals surface area contributed by atoms with Gasteiger partial charge in [0.05, 0.1) is 5.69 Å². The zero-order chi connectivity index (χ0) is 18.8. The van der Waals surface area contributed by atoms with Gasteiger partial charge in [0.2, 0.25) is 0 Å². The molecule has 138 valence electrons. The molecule has 1 heterocycles. The van der Waals surface area contributed by atoms with Crippen molar-refractivity contribution in [3.8, 4) is 11.1 Å². The third-order valence-corrected chi connectivity index (χ3v) is 5.02. The number of amides is 1. The third-order valence-electron chi connectivity index (χ3n) is 4.58. The van der Waals surface area contributed by atoms with Gasteiger partial charge in [-0.15, -0.1) is 0 Å². The Morgan fingerprint density at radius 3 is 2.54 bits per heavy atom. The van der Waals surface area contributed by atoms with E-state index in [2.05, 4.69) is 4.90 Å². The first-order chi connectivity index (χ1) is 12.3. The Labute approximate surface area is 161 Å². The Bertz CT molecular complexity index is 811. The van der Waals surface area contributed by atoms with Crippen LogP contribution in [0.5, 0.6) is 0 Å². The van der Waals surface area contributed by atoms with Crippen molar-refractivity contribution in [1.82, 2.24) is 4.90 Å². The maximum atomic E-state index is 13.9. The second-order valence-electron chi connectivity index (χ2n) is 6.63. The Morgan fingerprint density at radius 1 is 1.27 bits per heavy atom. The lowest BCUT2D eigenvalue weighted by atomic mass is 10.0. The number of carbonyl (C=O) groups is 1. The van der Waals surface area contributed by atoms with Gasteiger partial charge >= 0.3 is 6.09 Å². The summed E-state index contributed by atoms with van der Waals surface area (Å²) in [5, 5.41) is 10.6. The fourth-order valence-corrected chi connectivity index (χ4v) is 3.92. The van der Waals surface area contributed by atoms with Crippen molar-refractivity contribution >= 4 is 35.0 Å². The monoisotopic (exact) mass is 396 g/mol. The maximum Gasteiger partial charge on any atom is 0.411 e. The van der Waals surface area contributed by atoms with E-state index in [-0.39, 0.29) is 5.92 Å². The number of benzene rings is 2. The van der Waals surface area contributed by atoms with Crippen LogP contribution in [0.2, 0.25) is 10.0 Å². The SMILES string of the molecule is CN1CCC(CN(C(=O)O)c2ccc(F)cc2-c2cc(Cl)cc(Cl)c2)C1. The van der Waals surface area contributed by atoms with Crippen molar-refractivity contribution in [1.29, 1.82) is 0 Å². The summed E-state index contributed by atoms with van der Waals surface area (Å²) < 4.78 is 13.9. The van der Waals surface area contributed by atoms with E-state index in [1.54, 1.807) is 18.2 Å². The number of anilines is 1. The van der Waals surface area contributed by atoms with Crippen molar-refractivity contribution in [3.05, 3.63) is 52.3 Å². The molecule has 1 fully saturated rings. The molecule has 0 bridgehead atoms. The van der Waals surface area contributed by atoms with E-state index in [1.165, 1.54) is 23.1 Å². The lowest BCUT2D eigenvalue weighted by Gasteiger charge is -2.25. The van der Waals surface area contributed by atoms with Crippen molar-refractivity contribution < 1.29 is 14.3 Å². The highest BCUT2D eigenvalue weighted by Gasteiger charge is 2.27. The Morgan fingerprint density at radius 2 is 1.96 bits per heavy atom. The average Bonchev–Trinajstić information content (AvgIpc) is 2.97. The molecule has 0 spiro atoms. The molecule has 2 aromatic rings. The zero-order valence-electron chi connectivity index (χ0n) is 14.3. The molecule has 0 aliphatic carbocycles. The number of carboxylic acid groups (broad SMARTS) is 1. The van der Waals surface area contributed by atoms with Crippen molar-refractivity contribution in [2.45, 2.75) is 6.42 Å². The lowest BCUT2D eigenvalue weighted by molar-refractivity contribution is 0.200. The van der Waals surface area contributed by atoms with Gasteiger partial charge in [0.15, 0.2) is 0 Å². The molecule has 1 saturated heterocycles. The van der Waals surface area contributed by atoms with E-state index < -0.39 is 11.9 Å². The topological polar surface area (TPSA) is 43.8 Å². The predicted octanol–water partition coefficient (Wildman–Crippen LogP) is 5.24. The third kappa shape index (κ3) is 4.29. The standard InChI is InChI=1S/C19H19Cl2FN2O2/c1-23-5-4-12(10-23)11-24(19(25)26)18-3-2-16(22)9-17(18)13-6-14(20)8-15(21)7-13/h2-3,6-9,12H,4-5,10-11H2,1H3,(H,25,26). The molecule has 7 heteroatoms. The van der Waals surface area contributed by atoms with Gasteiger partial charge in [0, 0.05) is 28.7 Å². The minimum Gasteiger partial charge on any atom is -0.465 e. The molecule has 0 aromatic heterocycles. The molecule has 0 radical (unpaired) electrons. The quantitative estimate of drug-likeness (QED) is 0.768. The first kappa shape index (κ1) is 19.0. The van der Waals surface area contributed by atoms with E-state index in [0.717, 1.165) is 19.5 Å². The highest BCUT2D eigenvalue weighted by molar-refractivity contribution is 6.35.